The van der Waals surface area contributed by atoms with E-state index in [1.807, 2.05) is 31.0 Å². The molecule has 6 rings (SSSR count). The van der Waals surface area contributed by atoms with E-state index in [2.05, 4.69) is 35.9 Å². The Morgan fingerprint density at radius 2 is 1.62 bits per heavy atom. The smallest absolute Gasteiger partial charge is 0.329 e. The summed E-state index contributed by atoms with van der Waals surface area (Å²) < 4.78 is 23.0. The number of hydrogen-bond acceptors (Lipinski definition) is 18. The number of carbonyl (C=O) groups excluding carboxylic acids is 6. The Kier molecular flexibility index (Phi) is 20.6. The first kappa shape index (κ1) is 58.6. The lowest BCUT2D eigenvalue weighted by atomic mass is 9.84. The summed E-state index contributed by atoms with van der Waals surface area (Å²) in [5, 5.41) is 17.8. The van der Waals surface area contributed by atoms with Gasteiger partial charge in [-0.05, 0) is 111 Å². The third-order valence-corrected chi connectivity index (χ3v) is 13.5. The molecule has 0 bridgehead atoms. The molecule has 0 radical (unpaired) electrons. The van der Waals surface area contributed by atoms with E-state index in [0.717, 1.165) is 11.3 Å². The number of nitrogen functional groups attached to an aromatic ring is 2. The number of nitrogens with two attached hydrogens (primary N) is 2. The summed E-state index contributed by atoms with van der Waals surface area (Å²) in [6, 6.07) is 16.6. The van der Waals surface area contributed by atoms with Gasteiger partial charge in [-0.15, -0.1) is 0 Å². The minimum Gasteiger partial charge on any atom is -0.493 e. The van der Waals surface area contributed by atoms with Crippen molar-refractivity contribution in [3.63, 3.8) is 0 Å². The summed E-state index contributed by atoms with van der Waals surface area (Å²) in [7, 11) is 4.90. The lowest BCUT2D eigenvalue weighted by Gasteiger charge is -2.36. The molecule has 3 atom stereocenters. The number of aliphatic carboxylic acids is 1. The van der Waals surface area contributed by atoms with Gasteiger partial charge >= 0.3 is 11.9 Å². The van der Waals surface area contributed by atoms with Crippen LogP contribution in [0.3, 0.4) is 0 Å². The van der Waals surface area contributed by atoms with Crippen LogP contribution in [0, 0.1) is 5.41 Å². The summed E-state index contributed by atoms with van der Waals surface area (Å²) in [6.45, 7) is 5.89. The first-order valence-electron chi connectivity index (χ1n) is 25.7. The highest BCUT2D eigenvalue weighted by Crippen LogP contribution is 2.33. The van der Waals surface area contributed by atoms with Crippen LogP contribution in [0.4, 0.5) is 17.5 Å². The minimum atomic E-state index is -1.34. The highest BCUT2D eigenvalue weighted by molar-refractivity contribution is 6.38. The van der Waals surface area contributed by atoms with Crippen LogP contribution in [-0.4, -0.2) is 131 Å². The van der Waals surface area contributed by atoms with Crippen molar-refractivity contribution in [3.8, 4) is 17.2 Å². The zero-order valence-electron chi connectivity index (χ0n) is 44.8. The number of amides is 4. The molecule has 0 aliphatic carbocycles. The number of Topliss-reactive ketones (excluding diaryl/α,β-unsaturated/α-hetero) is 1. The van der Waals surface area contributed by atoms with E-state index >= 15 is 0 Å². The van der Waals surface area contributed by atoms with E-state index in [9.17, 15) is 38.7 Å². The van der Waals surface area contributed by atoms with Gasteiger partial charge in [-0.25, -0.2) is 19.6 Å². The van der Waals surface area contributed by atoms with Crippen LogP contribution in [0.15, 0.2) is 72.9 Å². The van der Waals surface area contributed by atoms with Crippen LogP contribution in [-0.2, 0) is 46.5 Å². The second-order valence-electron chi connectivity index (χ2n) is 19.5. The van der Waals surface area contributed by atoms with E-state index in [0.29, 0.717) is 85.5 Å². The van der Waals surface area contributed by atoms with Crippen molar-refractivity contribution in [2.24, 2.45) is 5.41 Å². The number of esters is 1. The number of benzene rings is 3. The lowest BCUT2D eigenvalue weighted by molar-refractivity contribution is -0.164. The predicted molar refractivity (Wildman–Crippen MR) is 288 cm³/mol. The van der Waals surface area contributed by atoms with Gasteiger partial charge in [0.15, 0.2) is 35.1 Å². The number of carboxylic acid groups (broad SMARTS) is 1. The number of ether oxygens (including phenoxy) is 4. The standard InChI is InChI=1S/C55H69N11O12/c1-7-55(2,3)47(69)51(71)66-27-9-8-14-40(66)53(74)78-41(22-15-33-16-23-42(75-5)43(28-33)76-6)35-12-10-13-38(29-35)77-32-45(68)59-26-11-25-58-44(67)24-21-39(52(72)73)62-50(70)34-17-19-37(20-18-34)65(4)31-36-30-60-49-46(61-36)48(56)63-54(57)64-49/h10,12-13,16-20,23,28-30,39-41H,7-9,11,14-15,21-22,24-27,31-32H2,1-6H3,(H,58,67)(H,59,68)(H,62,70)(H,72,73)(H4,56,57,60,63,64)/t39-,40-,41+/m0/s1. The quantitative estimate of drug-likeness (QED) is 0.0239. The van der Waals surface area contributed by atoms with E-state index in [-0.39, 0.29) is 62.1 Å². The molecule has 8 N–H and O–H groups in total. The molecule has 0 unspecified atom stereocenters. The maximum absolute atomic E-state index is 14.1. The number of fused-ring (bicyclic) bond motifs is 1. The third-order valence-electron chi connectivity index (χ3n) is 13.5. The number of anilines is 3. The fourth-order valence-electron chi connectivity index (χ4n) is 8.52. The van der Waals surface area contributed by atoms with Crippen LogP contribution in [0.5, 0.6) is 17.2 Å². The van der Waals surface area contributed by atoms with Crippen molar-refractivity contribution in [2.45, 2.75) is 103 Å². The molecule has 1 saturated heterocycles. The number of methoxy groups -OCH3 is 2. The summed E-state index contributed by atoms with van der Waals surface area (Å²) in [5.74, 6) is -3.12. The molecular formula is C55H69N11O12. The van der Waals surface area contributed by atoms with E-state index in [4.69, 9.17) is 30.4 Å². The largest absolute Gasteiger partial charge is 0.493 e. The number of likely N-dealkylation sites (tertiary alicyclic amines) is 1. The number of rotatable bonds is 27. The van der Waals surface area contributed by atoms with Crippen molar-refractivity contribution < 1.29 is 57.6 Å². The number of ketones is 1. The average Bonchev–Trinajstić information content (AvgIpc) is 3.49. The van der Waals surface area contributed by atoms with Crippen LogP contribution in [0.25, 0.3) is 11.2 Å². The van der Waals surface area contributed by atoms with Crippen molar-refractivity contribution in [3.05, 3.63) is 95.3 Å². The zero-order chi connectivity index (χ0) is 56.5. The van der Waals surface area contributed by atoms with Crippen molar-refractivity contribution >= 4 is 70.0 Å². The Bertz CT molecular complexity index is 2960. The third kappa shape index (κ3) is 16.0. The number of hydrogen-bond donors (Lipinski definition) is 6. The monoisotopic (exact) mass is 1080 g/mol. The first-order valence-corrected chi connectivity index (χ1v) is 25.7. The normalized spacial score (nSPS) is 14.1. The van der Waals surface area contributed by atoms with Crippen LogP contribution < -0.4 is 46.5 Å². The molecule has 23 nitrogen and oxygen atoms in total. The Morgan fingerprint density at radius 3 is 2.32 bits per heavy atom. The van der Waals surface area contributed by atoms with Gasteiger partial charge < -0.3 is 61.3 Å². The molecule has 5 aromatic rings. The average molecular weight is 1080 g/mol. The zero-order valence-corrected chi connectivity index (χ0v) is 44.8. The molecule has 23 heteroatoms. The number of nitrogens with zero attached hydrogens (tertiary/aromatic N) is 6. The summed E-state index contributed by atoms with van der Waals surface area (Å²) in [4.78, 5) is 111. The molecule has 1 aliphatic rings. The Labute approximate surface area is 452 Å². The van der Waals surface area contributed by atoms with Gasteiger partial charge in [0.2, 0.25) is 17.6 Å². The van der Waals surface area contributed by atoms with Gasteiger partial charge in [0, 0.05) is 49.8 Å². The van der Waals surface area contributed by atoms with Crippen LogP contribution in [0.2, 0.25) is 0 Å². The molecule has 0 spiro atoms. The van der Waals surface area contributed by atoms with E-state index in [1.165, 1.54) is 4.90 Å². The van der Waals surface area contributed by atoms with Crippen LogP contribution in [0.1, 0.15) is 105 Å². The van der Waals surface area contributed by atoms with E-state index in [1.54, 1.807) is 88.9 Å². The fraction of sp³-hybridized carbons (Fsp3) is 0.436. The first-order chi connectivity index (χ1) is 37.3. The number of carbonyl (C=O) groups is 7. The summed E-state index contributed by atoms with van der Waals surface area (Å²) >= 11 is 0. The number of aryl methyl sites for hydroxylation is 1. The molecule has 3 aromatic carbocycles. The SMILES string of the molecule is CCC(C)(C)C(=O)C(=O)N1CCCC[C@H]1C(=O)O[C@H](CCc1ccc(OC)c(OC)c1)c1cccc(OCC(=O)NCCCNC(=O)CC[C@H](NC(=O)c2ccc(N(C)Cc3cnc4nc(N)nc(N)c4n3)cc2)C(=O)O)c1. The Morgan fingerprint density at radius 1 is 0.885 bits per heavy atom. The Hall–Kier alpha value is -8.63. The van der Waals surface area contributed by atoms with Crippen LogP contribution >= 0.6 is 0 Å². The van der Waals surface area contributed by atoms with Gasteiger partial charge in [-0.3, -0.25) is 24.0 Å². The Balaban J connectivity index is 0.951. The fourth-order valence-corrected chi connectivity index (χ4v) is 8.52. The molecule has 0 saturated carbocycles. The minimum absolute atomic E-state index is 0.00747. The topological polar surface area (TPSA) is 323 Å². The number of carboxylic acids is 1. The highest BCUT2D eigenvalue weighted by Gasteiger charge is 2.41. The lowest BCUT2D eigenvalue weighted by Crippen LogP contribution is -2.53. The molecule has 2 aromatic heterocycles. The second kappa shape index (κ2) is 27.4. The number of nitrogens with one attached hydrogen (secondary N) is 3. The molecule has 4 amide bonds. The molecule has 3 heterocycles. The van der Waals surface area contributed by atoms with E-state index < -0.39 is 65.0 Å². The molecular weight excluding hydrogens is 1010 g/mol. The summed E-state index contributed by atoms with van der Waals surface area (Å²) in [6.07, 6.45) is 3.67. The summed E-state index contributed by atoms with van der Waals surface area (Å²) in [5.41, 5.74) is 14.3. The van der Waals surface area contributed by atoms with Gasteiger partial charge in [0.25, 0.3) is 17.7 Å². The molecule has 78 heavy (non-hydrogen) atoms. The predicted octanol–water partition coefficient (Wildman–Crippen LogP) is 4.51. The second-order valence-corrected chi connectivity index (χ2v) is 19.5. The molecule has 1 aliphatic heterocycles. The number of aromatic nitrogens is 4. The van der Waals surface area contributed by atoms with Gasteiger partial charge in [0.05, 0.1) is 32.7 Å². The van der Waals surface area contributed by atoms with Gasteiger partial charge in [0.1, 0.15) is 23.9 Å². The van der Waals surface area contributed by atoms with Gasteiger partial charge in [-0.2, -0.15) is 9.97 Å². The maximum atomic E-state index is 14.1. The number of piperidine rings is 1. The van der Waals surface area contributed by atoms with Crippen molar-refractivity contribution in [1.29, 1.82) is 0 Å². The van der Waals surface area contributed by atoms with Gasteiger partial charge in [-0.1, -0.05) is 39.0 Å². The molecule has 1 fully saturated rings. The molecule has 416 valence electrons. The maximum Gasteiger partial charge on any atom is 0.329 e. The highest BCUT2D eigenvalue weighted by atomic mass is 16.5. The van der Waals surface area contributed by atoms with Crippen molar-refractivity contribution in [1.82, 2.24) is 40.8 Å². The van der Waals surface area contributed by atoms with Crippen molar-refractivity contribution in [2.75, 3.05) is 63.9 Å².